The van der Waals surface area contributed by atoms with Crippen molar-refractivity contribution >= 4 is 5.97 Å². The van der Waals surface area contributed by atoms with Crippen molar-refractivity contribution < 1.29 is 43.0 Å². The second-order valence-electron chi connectivity index (χ2n) is 8.81. The van der Waals surface area contributed by atoms with Gasteiger partial charge in [0.25, 0.3) is 0 Å². The van der Waals surface area contributed by atoms with Crippen LogP contribution in [0.4, 0.5) is 0 Å². The Bertz CT molecular complexity index is 1470. The van der Waals surface area contributed by atoms with Crippen molar-refractivity contribution in [3.05, 3.63) is 133 Å². The summed E-state index contributed by atoms with van der Waals surface area (Å²) >= 11 is 0. The number of pyridine rings is 1. The Labute approximate surface area is 234 Å². The van der Waals surface area contributed by atoms with E-state index in [0.29, 0.717) is 5.75 Å². The number of carbonyl (C=O) groups is 1. The van der Waals surface area contributed by atoms with Crippen molar-refractivity contribution in [1.82, 2.24) is 0 Å². The predicted molar refractivity (Wildman–Crippen MR) is 140 cm³/mol. The molecule has 0 saturated carbocycles. The van der Waals surface area contributed by atoms with Crippen LogP contribution in [0.1, 0.15) is 12.5 Å². The standard InChI is InChI=1S/C32H26NO2.ClHO4/c1-24(34)35-30-19-17-26(18-20-30)29-21-31(27-13-7-3-8-14-27)33(23-25-11-5-2-6-12-25)32(22-29)28-15-9-4-10-16-28;2-1(3,4)5/h2-22H,23H2,1H3;(H,2,3,4,5)/q+1;/p-1. The number of halogens is 1. The number of carbonyl (C=O) groups excluding carboxylic acids is 1. The fourth-order valence-electron chi connectivity index (χ4n) is 4.30. The number of rotatable bonds is 6. The van der Waals surface area contributed by atoms with Crippen LogP contribution in [0.15, 0.2) is 127 Å². The van der Waals surface area contributed by atoms with Gasteiger partial charge in [0.05, 0.1) is 0 Å². The van der Waals surface area contributed by atoms with Crippen LogP contribution < -0.4 is 27.9 Å². The first kappa shape index (κ1) is 28.6. The Kier molecular flexibility index (Phi) is 9.39. The lowest BCUT2D eigenvalue weighted by atomic mass is 9.98. The highest BCUT2D eigenvalue weighted by Crippen LogP contribution is 2.30. The highest BCUT2D eigenvalue weighted by atomic mass is 35.7. The highest BCUT2D eigenvalue weighted by molar-refractivity contribution is 5.75. The number of nitrogens with zero attached hydrogens (tertiary/aromatic N) is 1. The van der Waals surface area contributed by atoms with Gasteiger partial charge in [-0.2, -0.15) is 4.57 Å². The normalized spacial score (nSPS) is 10.8. The van der Waals surface area contributed by atoms with Crippen LogP contribution in [0.3, 0.4) is 0 Å². The molecule has 0 saturated heterocycles. The van der Waals surface area contributed by atoms with E-state index in [1.54, 1.807) is 0 Å². The smallest absolute Gasteiger partial charge is 0.308 e. The molecule has 0 aliphatic carbocycles. The van der Waals surface area contributed by atoms with Gasteiger partial charge in [-0.25, -0.2) is 18.6 Å². The zero-order chi connectivity index (χ0) is 28.5. The van der Waals surface area contributed by atoms with E-state index in [2.05, 4.69) is 89.5 Å². The highest BCUT2D eigenvalue weighted by Gasteiger charge is 2.23. The first-order valence-corrected chi connectivity index (χ1v) is 13.5. The summed E-state index contributed by atoms with van der Waals surface area (Å²) in [6.45, 7) is 2.16. The van der Waals surface area contributed by atoms with E-state index in [-0.39, 0.29) is 5.97 Å². The zero-order valence-corrected chi connectivity index (χ0v) is 22.4. The Balaban J connectivity index is 0.000000681. The van der Waals surface area contributed by atoms with Gasteiger partial charge in [0.15, 0.2) is 6.54 Å². The molecule has 5 aromatic rings. The number of ether oxygens (including phenoxy) is 1. The molecular weight excluding hydrogens is 530 g/mol. The number of esters is 1. The third-order valence-electron chi connectivity index (χ3n) is 5.94. The molecule has 0 fully saturated rings. The molecule has 0 aliphatic heterocycles. The lowest BCUT2D eigenvalue weighted by Gasteiger charge is -2.17. The third kappa shape index (κ3) is 8.31. The molecule has 0 atom stereocenters. The average Bonchev–Trinajstić information content (AvgIpc) is 2.94. The van der Waals surface area contributed by atoms with E-state index in [1.807, 2.05) is 42.5 Å². The fourth-order valence-corrected chi connectivity index (χ4v) is 4.30. The first-order chi connectivity index (χ1) is 19.2. The van der Waals surface area contributed by atoms with Gasteiger partial charge < -0.3 is 4.74 Å². The molecule has 0 spiro atoms. The van der Waals surface area contributed by atoms with E-state index in [1.165, 1.54) is 12.5 Å². The summed E-state index contributed by atoms with van der Waals surface area (Å²) in [6, 6.07) is 43.7. The summed E-state index contributed by atoms with van der Waals surface area (Å²) in [4.78, 5) is 11.3. The third-order valence-corrected chi connectivity index (χ3v) is 5.94. The van der Waals surface area contributed by atoms with Crippen molar-refractivity contribution in [3.63, 3.8) is 0 Å². The van der Waals surface area contributed by atoms with Crippen molar-refractivity contribution in [2.75, 3.05) is 0 Å². The maximum Gasteiger partial charge on any atom is 0.308 e. The minimum Gasteiger partial charge on any atom is -0.427 e. The summed E-state index contributed by atoms with van der Waals surface area (Å²) in [5.41, 5.74) is 7.97. The van der Waals surface area contributed by atoms with Crippen LogP contribution in [0.25, 0.3) is 33.6 Å². The lowest BCUT2D eigenvalue weighted by Crippen LogP contribution is -2.68. The van der Waals surface area contributed by atoms with E-state index >= 15 is 0 Å². The fraction of sp³-hybridized carbons (Fsp3) is 0.0625. The largest absolute Gasteiger partial charge is 0.427 e. The molecule has 1 aromatic heterocycles. The van der Waals surface area contributed by atoms with Crippen LogP contribution in [-0.4, -0.2) is 5.97 Å². The predicted octanol–water partition coefficient (Wildman–Crippen LogP) is 2.19. The van der Waals surface area contributed by atoms with Gasteiger partial charge in [-0.05, 0) is 47.5 Å². The second kappa shape index (κ2) is 13.1. The molecule has 0 amide bonds. The van der Waals surface area contributed by atoms with Gasteiger partial charge in [-0.1, -0.05) is 78.9 Å². The molecule has 1 heterocycles. The van der Waals surface area contributed by atoms with Crippen LogP contribution in [0.5, 0.6) is 5.75 Å². The topological polar surface area (TPSA) is 122 Å². The van der Waals surface area contributed by atoms with Crippen LogP contribution in [-0.2, 0) is 11.3 Å². The average molecular weight is 556 g/mol. The van der Waals surface area contributed by atoms with Gasteiger partial charge in [-0.3, -0.25) is 4.79 Å². The Morgan fingerprint density at radius 3 is 1.48 bits per heavy atom. The van der Waals surface area contributed by atoms with Gasteiger partial charge in [0, 0.05) is 35.7 Å². The Morgan fingerprint density at radius 1 is 0.625 bits per heavy atom. The number of hydrogen-bond acceptors (Lipinski definition) is 6. The van der Waals surface area contributed by atoms with Crippen molar-refractivity contribution in [1.29, 1.82) is 0 Å². The maximum atomic E-state index is 11.3. The van der Waals surface area contributed by atoms with Crippen LogP contribution >= 0.6 is 0 Å². The van der Waals surface area contributed by atoms with Gasteiger partial charge in [0.1, 0.15) is 5.75 Å². The minimum absolute atomic E-state index is 0.322. The first-order valence-electron chi connectivity index (χ1n) is 12.3. The molecule has 8 heteroatoms. The Morgan fingerprint density at radius 2 is 1.05 bits per heavy atom. The molecule has 0 unspecified atom stereocenters. The number of hydrogen-bond donors (Lipinski definition) is 0. The molecule has 7 nitrogen and oxygen atoms in total. The molecule has 0 radical (unpaired) electrons. The Hall–Kier alpha value is -4.37. The summed E-state index contributed by atoms with van der Waals surface area (Å²) < 4.78 is 41.6. The monoisotopic (exact) mass is 555 g/mol. The summed E-state index contributed by atoms with van der Waals surface area (Å²) in [6.07, 6.45) is 0. The molecule has 0 bridgehead atoms. The summed E-state index contributed by atoms with van der Waals surface area (Å²) in [5.74, 6) is 0.222. The van der Waals surface area contributed by atoms with E-state index in [9.17, 15) is 4.79 Å². The van der Waals surface area contributed by atoms with E-state index in [0.717, 1.165) is 40.2 Å². The summed E-state index contributed by atoms with van der Waals surface area (Å²) in [5, 5.41) is 0. The van der Waals surface area contributed by atoms with Crippen LogP contribution in [0, 0.1) is 10.2 Å². The molecule has 0 aliphatic rings. The van der Waals surface area contributed by atoms with Crippen LogP contribution in [0.2, 0.25) is 0 Å². The quantitative estimate of drug-likeness (QED) is 0.180. The SMILES string of the molecule is CC(=O)Oc1ccc(-c2cc(-c3ccccc3)[n+](Cc3ccccc3)c(-c3ccccc3)c2)cc1.[O-][Cl+3]([O-])([O-])[O-]. The molecule has 0 N–H and O–H groups in total. The van der Waals surface area contributed by atoms with Gasteiger partial charge in [0.2, 0.25) is 11.4 Å². The van der Waals surface area contributed by atoms with E-state index < -0.39 is 10.2 Å². The van der Waals surface area contributed by atoms with Crippen molar-refractivity contribution in [2.24, 2.45) is 0 Å². The molecule has 4 aromatic carbocycles. The maximum absolute atomic E-state index is 11.3. The summed E-state index contributed by atoms with van der Waals surface area (Å²) in [7, 11) is -4.94. The van der Waals surface area contributed by atoms with Crippen molar-refractivity contribution in [3.8, 4) is 39.4 Å². The number of aromatic nitrogens is 1. The molecule has 40 heavy (non-hydrogen) atoms. The zero-order valence-electron chi connectivity index (χ0n) is 21.6. The van der Waals surface area contributed by atoms with Crippen molar-refractivity contribution in [2.45, 2.75) is 13.5 Å². The molecule has 202 valence electrons. The van der Waals surface area contributed by atoms with E-state index in [4.69, 9.17) is 23.4 Å². The number of benzene rings is 4. The minimum atomic E-state index is -4.94. The second-order valence-corrected chi connectivity index (χ2v) is 9.57. The van der Waals surface area contributed by atoms with Gasteiger partial charge >= 0.3 is 5.97 Å². The molecular formula is C32H26ClNO6. The lowest BCUT2D eigenvalue weighted by molar-refractivity contribution is -2.00. The van der Waals surface area contributed by atoms with Gasteiger partial charge in [-0.15, -0.1) is 10.2 Å². The molecule has 5 rings (SSSR count).